The van der Waals surface area contributed by atoms with Crippen LogP contribution in [0.1, 0.15) is 24.0 Å². The van der Waals surface area contributed by atoms with Crippen LogP contribution in [0.4, 0.5) is 5.69 Å². The van der Waals surface area contributed by atoms with Gasteiger partial charge < -0.3 is 20.8 Å². The molecule has 2 aromatic carbocycles. The van der Waals surface area contributed by atoms with E-state index < -0.39 is 17.4 Å². The molecule has 0 saturated carbocycles. The summed E-state index contributed by atoms with van der Waals surface area (Å²) in [6.45, 7) is 3.52. The average Bonchev–Trinajstić information content (AvgIpc) is 2.73. The Morgan fingerprint density at radius 3 is 2.61 bits per heavy atom. The fourth-order valence-corrected chi connectivity index (χ4v) is 3.75. The van der Waals surface area contributed by atoms with E-state index in [4.69, 9.17) is 10.5 Å². The van der Waals surface area contributed by atoms with E-state index in [9.17, 15) is 14.9 Å². The SMILES string of the molecule is CC1=C(C(=O)Nc2ccccc2)C(c2cc3ccc(C)cc3[nH]c2=O)C(C#N)=C(N)O1. The lowest BCUT2D eigenvalue weighted by atomic mass is 9.82. The number of nitrogens with two attached hydrogens (primary N) is 1. The van der Waals surface area contributed by atoms with Crippen molar-refractivity contribution in [3.63, 3.8) is 0 Å². The number of aromatic amines is 1. The highest BCUT2D eigenvalue weighted by molar-refractivity contribution is 6.06. The zero-order valence-corrected chi connectivity index (χ0v) is 17.0. The second kappa shape index (κ2) is 7.84. The van der Waals surface area contributed by atoms with Crippen LogP contribution in [0, 0.1) is 18.3 Å². The summed E-state index contributed by atoms with van der Waals surface area (Å²) in [5.41, 5.74) is 8.24. The van der Waals surface area contributed by atoms with Gasteiger partial charge in [-0.1, -0.05) is 30.3 Å². The second-order valence-electron chi connectivity index (χ2n) is 7.36. The standard InChI is InChI=1S/C24H20N4O3/c1-13-8-9-15-11-17(23(29)28-19(15)10-13)21-18(12-25)22(26)31-14(2)20(21)24(30)27-16-6-4-3-5-7-16/h3-11,21H,26H2,1-2H3,(H,27,30)(H,28,29). The van der Waals surface area contributed by atoms with E-state index in [1.54, 1.807) is 37.3 Å². The molecule has 0 spiro atoms. The Morgan fingerprint density at radius 1 is 1.16 bits per heavy atom. The molecule has 2 heterocycles. The van der Waals surface area contributed by atoms with E-state index >= 15 is 0 Å². The number of nitriles is 1. The molecule has 1 amide bonds. The first kappa shape index (κ1) is 20.0. The van der Waals surface area contributed by atoms with E-state index in [-0.39, 0.29) is 28.4 Å². The highest BCUT2D eigenvalue weighted by Crippen LogP contribution is 2.38. The maximum Gasteiger partial charge on any atom is 0.255 e. The number of para-hydroxylation sites is 1. The molecule has 0 saturated heterocycles. The molecule has 0 radical (unpaired) electrons. The average molecular weight is 412 g/mol. The first-order valence-corrected chi connectivity index (χ1v) is 9.67. The molecule has 4 rings (SSSR count). The molecule has 1 atom stereocenters. The van der Waals surface area contributed by atoms with Crippen LogP contribution in [-0.4, -0.2) is 10.9 Å². The number of benzene rings is 2. The first-order valence-electron chi connectivity index (χ1n) is 9.67. The minimum atomic E-state index is -0.961. The van der Waals surface area contributed by atoms with Crippen molar-refractivity contribution in [2.24, 2.45) is 5.73 Å². The molecule has 1 aromatic heterocycles. The number of hydrogen-bond acceptors (Lipinski definition) is 5. The predicted octanol–water partition coefficient (Wildman–Crippen LogP) is 3.56. The lowest BCUT2D eigenvalue weighted by Crippen LogP contribution is -2.30. The number of H-pyrrole nitrogens is 1. The largest absolute Gasteiger partial charge is 0.445 e. The van der Waals surface area contributed by atoms with Gasteiger partial charge in [0.25, 0.3) is 11.5 Å². The van der Waals surface area contributed by atoms with Crippen molar-refractivity contribution in [1.29, 1.82) is 5.26 Å². The fourth-order valence-electron chi connectivity index (χ4n) is 3.75. The number of anilines is 1. The molecule has 0 bridgehead atoms. The van der Waals surface area contributed by atoms with Crippen LogP contribution < -0.4 is 16.6 Å². The van der Waals surface area contributed by atoms with Gasteiger partial charge in [-0.05, 0) is 49.1 Å². The van der Waals surface area contributed by atoms with Gasteiger partial charge in [0.2, 0.25) is 5.88 Å². The van der Waals surface area contributed by atoms with Gasteiger partial charge in [0.15, 0.2) is 0 Å². The lowest BCUT2D eigenvalue weighted by molar-refractivity contribution is -0.113. The number of carbonyl (C=O) groups is 1. The van der Waals surface area contributed by atoms with Crippen molar-refractivity contribution in [3.8, 4) is 6.07 Å². The molecule has 1 aliphatic rings. The topological polar surface area (TPSA) is 121 Å². The van der Waals surface area contributed by atoms with E-state index in [0.717, 1.165) is 10.9 Å². The molecule has 7 nitrogen and oxygen atoms in total. The van der Waals surface area contributed by atoms with Crippen molar-refractivity contribution in [3.05, 3.63) is 98.9 Å². The summed E-state index contributed by atoms with van der Waals surface area (Å²) in [6.07, 6.45) is 0. The molecule has 0 fully saturated rings. The molecular formula is C24H20N4O3. The zero-order chi connectivity index (χ0) is 22.1. The third-order valence-electron chi connectivity index (χ3n) is 5.22. The number of carbonyl (C=O) groups excluding carboxylic acids is 1. The van der Waals surface area contributed by atoms with Crippen LogP contribution in [-0.2, 0) is 9.53 Å². The highest BCUT2D eigenvalue weighted by Gasteiger charge is 2.37. The minimum absolute atomic E-state index is 0.0146. The smallest absolute Gasteiger partial charge is 0.255 e. The molecule has 31 heavy (non-hydrogen) atoms. The zero-order valence-electron chi connectivity index (χ0n) is 17.0. The van der Waals surface area contributed by atoms with Gasteiger partial charge in [0.1, 0.15) is 17.4 Å². The third kappa shape index (κ3) is 3.67. The number of fused-ring (bicyclic) bond motifs is 1. The summed E-state index contributed by atoms with van der Waals surface area (Å²) in [5.74, 6) is -1.32. The van der Waals surface area contributed by atoms with Gasteiger partial charge in [-0.3, -0.25) is 9.59 Å². The number of nitrogens with one attached hydrogen (secondary N) is 2. The Hall–Kier alpha value is -4.31. The number of rotatable bonds is 3. The minimum Gasteiger partial charge on any atom is -0.445 e. The number of amides is 1. The van der Waals surface area contributed by atoms with Crippen molar-refractivity contribution in [2.45, 2.75) is 19.8 Å². The van der Waals surface area contributed by atoms with Crippen molar-refractivity contribution in [1.82, 2.24) is 4.98 Å². The quantitative estimate of drug-likeness (QED) is 0.607. The molecule has 4 N–H and O–H groups in total. The van der Waals surface area contributed by atoms with Crippen LogP contribution in [0.15, 0.2) is 82.2 Å². The van der Waals surface area contributed by atoms with Gasteiger partial charge in [-0.25, -0.2) is 0 Å². The maximum absolute atomic E-state index is 13.2. The number of allylic oxidation sites excluding steroid dienone is 2. The van der Waals surface area contributed by atoms with Gasteiger partial charge >= 0.3 is 0 Å². The normalized spacial score (nSPS) is 16.1. The van der Waals surface area contributed by atoms with Crippen LogP contribution >= 0.6 is 0 Å². The molecule has 3 aromatic rings. The van der Waals surface area contributed by atoms with Gasteiger partial charge in [0, 0.05) is 16.8 Å². The van der Waals surface area contributed by atoms with Crippen LogP contribution in [0.2, 0.25) is 0 Å². The first-order chi connectivity index (χ1) is 14.9. The van der Waals surface area contributed by atoms with Crippen LogP contribution in [0.25, 0.3) is 10.9 Å². The molecule has 154 valence electrons. The summed E-state index contributed by atoms with van der Waals surface area (Å²) in [4.78, 5) is 29.1. The lowest BCUT2D eigenvalue weighted by Gasteiger charge is -2.27. The molecule has 1 unspecified atom stereocenters. The van der Waals surface area contributed by atoms with Crippen molar-refractivity contribution in [2.75, 3.05) is 5.32 Å². The Morgan fingerprint density at radius 2 is 1.90 bits per heavy atom. The fraction of sp³-hybridized carbons (Fsp3) is 0.125. The number of aromatic nitrogens is 1. The summed E-state index contributed by atoms with van der Waals surface area (Å²) in [5, 5.41) is 13.4. The van der Waals surface area contributed by atoms with Gasteiger partial charge in [0.05, 0.1) is 11.5 Å². The third-order valence-corrected chi connectivity index (χ3v) is 5.22. The summed E-state index contributed by atoms with van der Waals surface area (Å²) >= 11 is 0. The predicted molar refractivity (Wildman–Crippen MR) is 118 cm³/mol. The second-order valence-corrected chi connectivity index (χ2v) is 7.36. The Labute approximate surface area is 178 Å². The van der Waals surface area contributed by atoms with Crippen molar-refractivity contribution < 1.29 is 9.53 Å². The van der Waals surface area contributed by atoms with E-state index in [2.05, 4.69) is 10.3 Å². The Balaban J connectivity index is 1.88. The molecular weight excluding hydrogens is 392 g/mol. The van der Waals surface area contributed by atoms with Crippen molar-refractivity contribution >= 4 is 22.5 Å². The summed E-state index contributed by atoms with van der Waals surface area (Å²) in [6, 6.07) is 18.3. The van der Waals surface area contributed by atoms with Crippen LogP contribution in [0.3, 0.4) is 0 Å². The number of aryl methyl sites for hydroxylation is 1. The molecule has 1 aliphatic heterocycles. The molecule has 0 aliphatic carbocycles. The number of hydrogen-bond donors (Lipinski definition) is 3. The van der Waals surface area contributed by atoms with E-state index in [0.29, 0.717) is 11.2 Å². The number of nitrogens with zero attached hydrogens (tertiary/aromatic N) is 1. The van der Waals surface area contributed by atoms with Gasteiger partial charge in [-0.2, -0.15) is 5.26 Å². The molecule has 7 heteroatoms. The highest BCUT2D eigenvalue weighted by atomic mass is 16.5. The monoisotopic (exact) mass is 412 g/mol. The Bertz CT molecular complexity index is 1360. The Kier molecular flexibility index (Phi) is 5.05. The summed E-state index contributed by atoms with van der Waals surface area (Å²) in [7, 11) is 0. The van der Waals surface area contributed by atoms with E-state index in [1.165, 1.54) is 0 Å². The summed E-state index contributed by atoms with van der Waals surface area (Å²) < 4.78 is 5.50. The maximum atomic E-state index is 13.2. The number of ether oxygens (including phenoxy) is 1. The van der Waals surface area contributed by atoms with E-state index in [1.807, 2.05) is 37.3 Å². The van der Waals surface area contributed by atoms with Crippen LogP contribution in [0.5, 0.6) is 0 Å². The van der Waals surface area contributed by atoms with Gasteiger partial charge in [-0.15, -0.1) is 0 Å². The number of pyridine rings is 1.